The number of carbonyl (C=O) groups is 1. The quantitative estimate of drug-likeness (QED) is 0.441. The molecule has 1 fully saturated rings. The van der Waals surface area contributed by atoms with Gasteiger partial charge >= 0.3 is 0 Å². The number of benzene rings is 1. The van der Waals surface area contributed by atoms with E-state index >= 15 is 0 Å². The number of nitro groups is 1. The SMILES string of the molecule is O=C(NCCCOCC1CC1)c1ccc(Br)c([N+](=O)[O-])c1. The average molecular weight is 357 g/mol. The van der Waals surface area contributed by atoms with E-state index in [2.05, 4.69) is 21.2 Å². The zero-order valence-corrected chi connectivity index (χ0v) is 13.1. The molecule has 0 bridgehead atoms. The number of halogens is 1. The molecular weight excluding hydrogens is 340 g/mol. The van der Waals surface area contributed by atoms with Gasteiger partial charge < -0.3 is 10.1 Å². The standard InChI is InChI=1S/C14H17BrN2O4/c15-12-5-4-11(8-13(12)17(19)20)14(18)16-6-1-7-21-9-10-2-3-10/h4-5,8,10H,1-3,6-7,9H2,(H,16,18). The second-order valence-corrected chi connectivity index (χ2v) is 5.91. The van der Waals surface area contributed by atoms with E-state index < -0.39 is 4.92 Å². The molecular formula is C14H17BrN2O4. The molecule has 1 saturated carbocycles. The van der Waals surface area contributed by atoms with Crippen LogP contribution in [0.5, 0.6) is 0 Å². The van der Waals surface area contributed by atoms with Gasteiger partial charge in [-0.15, -0.1) is 0 Å². The van der Waals surface area contributed by atoms with Gasteiger partial charge in [-0.05, 0) is 53.2 Å². The zero-order valence-electron chi connectivity index (χ0n) is 11.5. The molecule has 0 unspecified atom stereocenters. The molecule has 7 heteroatoms. The van der Waals surface area contributed by atoms with E-state index in [-0.39, 0.29) is 17.2 Å². The highest BCUT2D eigenvalue weighted by Gasteiger charge is 2.20. The number of amides is 1. The number of hydrogen-bond donors (Lipinski definition) is 1. The van der Waals surface area contributed by atoms with Crippen molar-refractivity contribution >= 4 is 27.5 Å². The van der Waals surface area contributed by atoms with Gasteiger partial charge in [-0.1, -0.05) is 0 Å². The molecule has 1 aromatic rings. The minimum absolute atomic E-state index is 0.115. The van der Waals surface area contributed by atoms with Crippen LogP contribution in [0.1, 0.15) is 29.6 Å². The fraction of sp³-hybridized carbons (Fsp3) is 0.500. The molecule has 0 aromatic heterocycles. The van der Waals surface area contributed by atoms with Crippen LogP contribution >= 0.6 is 15.9 Å². The number of ether oxygens (including phenoxy) is 1. The minimum atomic E-state index is -0.521. The lowest BCUT2D eigenvalue weighted by Crippen LogP contribution is -2.25. The van der Waals surface area contributed by atoms with E-state index in [9.17, 15) is 14.9 Å². The Labute approximate surface area is 131 Å². The summed E-state index contributed by atoms with van der Waals surface area (Å²) in [7, 11) is 0. The van der Waals surface area contributed by atoms with E-state index in [0.29, 0.717) is 17.6 Å². The molecule has 0 aliphatic heterocycles. The van der Waals surface area contributed by atoms with Crippen molar-refractivity contribution in [3.63, 3.8) is 0 Å². The number of nitrogens with zero attached hydrogens (tertiary/aromatic N) is 1. The molecule has 1 amide bonds. The topological polar surface area (TPSA) is 81.5 Å². The molecule has 1 aliphatic carbocycles. The first-order chi connectivity index (χ1) is 10.1. The number of nitro benzene ring substituents is 1. The first kappa shape index (κ1) is 15.9. The summed E-state index contributed by atoms with van der Waals surface area (Å²) in [5, 5.41) is 13.5. The van der Waals surface area contributed by atoms with Crippen LogP contribution in [0.15, 0.2) is 22.7 Å². The summed E-state index contributed by atoms with van der Waals surface area (Å²) in [6.45, 7) is 1.93. The van der Waals surface area contributed by atoms with E-state index in [4.69, 9.17) is 4.74 Å². The van der Waals surface area contributed by atoms with Crippen LogP contribution in [0.2, 0.25) is 0 Å². The Morgan fingerprint density at radius 3 is 2.90 bits per heavy atom. The van der Waals surface area contributed by atoms with E-state index in [0.717, 1.165) is 18.9 Å². The summed E-state index contributed by atoms with van der Waals surface area (Å²) in [5.74, 6) is 0.427. The van der Waals surface area contributed by atoms with Crippen molar-refractivity contribution in [2.24, 2.45) is 5.92 Å². The molecule has 21 heavy (non-hydrogen) atoms. The highest BCUT2D eigenvalue weighted by molar-refractivity contribution is 9.10. The second kappa shape index (κ2) is 7.51. The lowest BCUT2D eigenvalue weighted by Gasteiger charge is -2.06. The number of carbonyl (C=O) groups excluding carboxylic acids is 1. The normalized spacial score (nSPS) is 14.0. The third kappa shape index (κ3) is 5.09. The molecule has 0 spiro atoms. The van der Waals surface area contributed by atoms with Crippen LogP contribution in [0, 0.1) is 16.0 Å². The Hall–Kier alpha value is -1.47. The van der Waals surface area contributed by atoms with Gasteiger partial charge in [0.25, 0.3) is 11.6 Å². The van der Waals surface area contributed by atoms with Crippen molar-refractivity contribution in [2.45, 2.75) is 19.3 Å². The molecule has 0 heterocycles. The summed E-state index contributed by atoms with van der Waals surface area (Å²) in [6, 6.07) is 4.32. The van der Waals surface area contributed by atoms with Crippen LogP contribution in [0.25, 0.3) is 0 Å². The molecule has 0 atom stereocenters. The van der Waals surface area contributed by atoms with Gasteiger partial charge in [0.05, 0.1) is 9.40 Å². The van der Waals surface area contributed by atoms with Crippen molar-refractivity contribution < 1.29 is 14.5 Å². The average Bonchev–Trinajstić information content (AvgIpc) is 3.26. The highest BCUT2D eigenvalue weighted by atomic mass is 79.9. The molecule has 6 nitrogen and oxygen atoms in total. The summed E-state index contributed by atoms with van der Waals surface area (Å²) < 4.78 is 5.82. The predicted octanol–water partition coefficient (Wildman–Crippen LogP) is 2.90. The summed E-state index contributed by atoms with van der Waals surface area (Å²) >= 11 is 3.09. The first-order valence-electron chi connectivity index (χ1n) is 6.88. The van der Waals surface area contributed by atoms with Crippen molar-refractivity contribution in [1.82, 2.24) is 5.32 Å². The van der Waals surface area contributed by atoms with E-state index in [1.165, 1.54) is 25.0 Å². The van der Waals surface area contributed by atoms with Crippen molar-refractivity contribution in [3.05, 3.63) is 38.3 Å². The predicted molar refractivity (Wildman–Crippen MR) is 81.3 cm³/mol. The lowest BCUT2D eigenvalue weighted by atomic mass is 10.2. The van der Waals surface area contributed by atoms with Crippen LogP contribution in [0.3, 0.4) is 0 Å². The summed E-state index contributed by atoms with van der Waals surface area (Å²) in [6.07, 6.45) is 3.26. The largest absolute Gasteiger partial charge is 0.381 e. The molecule has 1 aliphatic rings. The first-order valence-corrected chi connectivity index (χ1v) is 7.67. The fourth-order valence-corrected chi connectivity index (χ4v) is 2.20. The van der Waals surface area contributed by atoms with Crippen LogP contribution in [-0.2, 0) is 4.74 Å². The van der Waals surface area contributed by atoms with Gasteiger partial charge in [0.1, 0.15) is 0 Å². The molecule has 114 valence electrons. The van der Waals surface area contributed by atoms with Crippen LogP contribution < -0.4 is 5.32 Å². The van der Waals surface area contributed by atoms with Crippen LogP contribution in [0.4, 0.5) is 5.69 Å². The van der Waals surface area contributed by atoms with Gasteiger partial charge in [-0.25, -0.2) is 0 Å². The van der Waals surface area contributed by atoms with Gasteiger partial charge in [0.2, 0.25) is 0 Å². The summed E-state index contributed by atoms with van der Waals surface area (Å²) in [5.41, 5.74) is 0.166. The van der Waals surface area contributed by atoms with E-state index in [1.807, 2.05) is 0 Å². The Bertz CT molecular complexity index is 532. The van der Waals surface area contributed by atoms with Gasteiger partial charge in [0.15, 0.2) is 0 Å². The van der Waals surface area contributed by atoms with E-state index in [1.54, 1.807) is 6.07 Å². The second-order valence-electron chi connectivity index (χ2n) is 5.05. The monoisotopic (exact) mass is 356 g/mol. The number of nitrogens with one attached hydrogen (secondary N) is 1. The third-order valence-corrected chi connectivity index (χ3v) is 3.88. The maximum absolute atomic E-state index is 11.9. The molecule has 1 aromatic carbocycles. The van der Waals surface area contributed by atoms with Gasteiger partial charge in [0, 0.05) is 31.4 Å². The lowest BCUT2D eigenvalue weighted by molar-refractivity contribution is -0.385. The summed E-state index contributed by atoms with van der Waals surface area (Å²) in [4.78, 5) is 22.2. The minimum Gasteiger partial charge on any atom is -0.381 e. The van der Waals surface area contributed by atoms with Crippen molar-refractivity contribution in [3.8, 4) is 0 Å². The molecule has 1 N–H and O–H groups in total. The smallest absolute Gasteiger partial charge is 0.284 e. The number of hydrogen-bond acceptors (Lipinski definition) is 4. The Morgan fingerprint density at radius 1 is 1.48 bits per heavy atom. The maximum atomic E-state index is 11.9. The molecule has 0 saturated heterocycles. The highest BCUT2D eigenvalue weighted by Crippen LogP contribution is 2.28. The zero-order chi connectivity index (χ0) is 15.2. The van der Waals surface area contributed by atoms with Crippen LogP contribution in [-0.4, -0.2) is 30.6 Å². The Kier molecular flexibility index (Phi) is 5.69. The Balaban J connectivity index is 1.74. The number of rotatable bonds is 8. The molecule has 2 rings (SSSR count). The van der Waals surface area contributed by atoms with Gasteiger partial charge in [-0.3, -0.25) is 14.9 Å². The Morgan fingerprint density at radius 2 is 2.24 bits per heavy atom. The molecule has 0 radical (unpaired) electrons. The third-order valence-electron chi connectivity index (χ3n) is 3.21. The van der Waals surface area contributed by atoms with Crippen molar-refractivity contribution in [2.75, 3.05) is 19.8 Å². The maximum Gasteiger partial charge on any atom is 0.284 e. The fourth-order valence-electron chi connectivity index (χ4n) is 1.81. The van der Waals surface area contributed by atoms with Gasteiger partial charge in [-0.2, -0.15) is 0 Å². The van der Waals surface area contributed by atoms with Crippen molar-refractivity contribution in [1.29, 1.82) is 0 Å².